The van der Waals surface area contributed by atoms with Crippen LogP contribution in [0.15, 0.2) is 17.4 Å². The summed E-state index contributed by atoms with van der Waals surface area (Å²) in [5.41, 5.74) is -0.249. The van der Waals surface area contributed by atoms with Crippen LogP contribution in [0.5, 0.6) is 0 Å². The van der Waals surface area contributed by atoms with E-state index >= 15 is 0 Å². The normalized spacial score (nSPS) is 10.9. The quantitative estimate of drug-likeness (QED) is 0.698. The number of hydrogen-bond donors (Lipinski definition) is 1. The number of nitrogens with zero attached hydrogens (tertiary/aromatic N) is 3. The van der Waals surface area contributed by atoms with Gasteiger partial charge in [0.25, 0.3) is 0 Å². The molecule has 1 aromatic heterocycles. The van der Waals surface area contributed by atoms with E-state index in [9.17, 15) is 8.42 Å². The molecule has 0 aliphatic heterocycles. The van der Waals surface area contributed by atoms with Crippen LogP contribution in [0.25, 0.3) is 0 Å². The Morgan fingerprint density at radius 2 is 2.07 bits per heavy atom. The first-order valence-electron chi connectivity index (χ1n) is 3.66. The number of hydrogen-bond acceptors (Lipinski definition) is 6. The van der Waals surface area contributed by atoms with E-state index in [4.69, 9.17) is 10.4 Å². The van der Waals surface area contributed by atoms with E-state index in [1.165, 1.54) is 12.4 Å². The van der Waals surface area contributed by atoms with Gasteiger partial charge in [0.2, 0.25) is 9.84 Å². The van der Waals surface area contributed by atoms with Gasteiger partial charge in [-0.05, 0) is 0 Å². The van der Waals surface area contributed by atoms with Crippen molar-refractivity contribution in [3.8, 4) is 6.07 Å². The van der Waals surface area contributed by atoms with Crippen LogP contribution in [0, 0.1) is 11.3 Å². The smallest absolute Gasteiger partial charge is 0.200 e. The summed E-state index contributed by atoms with van der Waals surface area (Å²) in [7, 11) is -3.70. The Hall–Kier alpha value is -1.52. The Morgan fingerprint density at radius 1 is 1.43 bits per heavy atom. The lowest BCUT2D eigenvalue weighted by molar-refractivity contribution is 0.319. The Balaban J connectivity index is 3.27. The predicted molar refractivity (Wildman–Crippen MR) is 45.9 cm³/mol. The Bertz CT molecular complexity index is 463. The lowest BCUT2D eigenvalue weighted by Crippen LogP contribution is -2.14. The summed E-state index contributed by atoms with van der Waals surface area (Å²) < 4.78 is 22.8. The van der Waals surface area contributed by atoms with Gasteiger partial charge in [-0.3, -0.25) is 0 Å². The molecule has 14 heavy (non-hydrogen) atoms. The van der Waals surface area contributed by atoms with Crippen molar-refractivity contribution in [2.45, 2.75) is 5.03 Å². The third-order valence-electron chi connectivity index (χ3n) is 1.43. The van der Waals surface area contributed by atoms with Gasteiger partial charge < -0.3 is 5.11 Å². The maximum atomic E-state index is 11.4. The highest BCUT2D eigenvalue weighted by Gasteiger charge is 2.20. The van der Waals surface area contributed by atoms with Crippen molar-refractivity contribution >= 4 is 9.84 Å². The molecular formula is C7H7N3O3S. The number of aromatic nitrogens is 2. The topological polar surface area (TPSA) is 104 Å². The second-order valence-corrected chi connectivity index (χ2v) is 4.39. The Kier molecular flexibility index (Phi) is 3.11. The molecule has 0 unspecified atom stereocenters. The fraction of sp³-hybridized carbons (Fsp3) is 0.286. The molecule has 0 aliphatic carbocycles. The number of aliphatic hydroxyl groups excluding tert-OH is 1. The first kappa shape index (κ1) is 10.6. The maximum Gasteiger partial charge on any atom is 0.200 e. The highest BCUT2D eigenvalue weighted by Crippen LogP contribution is 2.09. The second kappa shape index (κ2) is 4.13. The highest BCUT2D eigenvalue weighted by molar-refractivity contribution is 7.91. The van der Waals surface area contributed by atoms with Crippen LogP contribution >= 0.6 is 0 Å². The van der Waals surface area contributed by atoms with E-state index in [-0.39, 0.29) is 10.7 Å². The third kappa shape index (κ3) is 2.04. The molecule has 0 saturated carbocycles. The Morgan fingerprint density at radius 3 is 2.64 bits per heavy atom. The minimum absolute atomic E-state index is 0.249. The lowest BCUT2D eigenvalue weighted by Gasteiger charge is -2.01. The molecule has 0 radical (unpaired) electrons. The van der Waals surface area contributed by atoms with Crippen LogP contribution in [0.4, 0.5) is 0 Å². The van der Waals surface area contributed by atoms with Crippen LogP contribution in [0.3, 0.4) is 0 Å². The van der Waals surface area contributed by atoms with E-state index in [2.05, 4.69) is 9.97 Å². The van der Waals surface area contributed by atoms with Crippen molar-refractivity contribution in [2.24, 2.45) is 0 Å². The van der Waals surface area contributed by atoms with Gasteiger partial charge in [0.05, 0.1) is 12.4 Å². The fourth-order valence-electron chi connectivity index (χ4n) is 0.846. The molecule has 0 amide bonds. The summed E-state index contributed by atoms with van der Waals surface area (Å²) in [5, 5.41) is 16.7. The molecule has 0 fully saturated rings. The van der Waals surface area contributed by atoms with Crippen LogP contribution in [0.2, 0.25) is 0 Å². The molecule has 0 bridgehead atoms. The molecule has 1 N–H and O–H groups in total. The zero-order valence-electron chi connectivity index (χ0n) is 7.08. The molecule has 1 rings (SSSR count). The van der Waals surface area contributed by atoms with Crippen LogP contribution in [-0.2, 0) is 9.84 Å². The summed E-state index contributed by atoms with van der Waals surface area (Å²) in [6, 6.07) is 1.63. The monoisotopic (exact) mass is 213 g/mol. The fourth-order valence-corrected chi connectivity index (χ4v) is 1.89. The van der Waals surface area contributed by atoms with Crippen molar-refractivity contribution < 1.29 is 13.5 Å². The van der Waals surface area contributed by atoms with Crippen molar-refractivity contribution in [1.29, 1.82) is 5.26 Å². The number of sulfone groups is 1. The van der Waals surface area contributed by atoms with Gasteiger partial charge in [-0.15, -0.1) is 0 Å². The molecule has 6 nitrogen and oxygen atoms in total. The second-order valence-electron chi connectivity index (χ2n) is 2.36. The average Bonchev–Trinajstić information content (AvgIpc) is 2.18. The zero-order valence-corrected chi connectivity index (χ0v) is 7.90. The summed E-state index contributed by atoms with van der Waals surface area (Å²) in [6.45, 7) is -0.510. The lowest BCUT2D eigenvalue weighted by atomic mass is 10.5. The minimum atomic E-state index is -3.70. The van der Waals surface area contributed by atoms with Crippen LogP contribution < -0.4 is 0 Å². The van der Waals surface area contributed by atoms with Crippen LogP contribution in [-0.4, -0.2) is 35.9 Å². The number of nitriles is 1. The molecule has 0 saturated heterocycles. The summed E-state index contributed by atoms with van der Waals surface area (Å²) in [4.78, 5) is 7.12. The first-order chi connectivity index (χ1) is 6.61. The maximum absolute atomic E-state index is 11.4. The number of aliphatic hydroxyl groups is 1. The van der Waals surface area contributed by atoms with E-state index in [1.807, 2.05) is 0 Å². The van der Waals surface area contributed by atoms with Crippen molar-refractivity contribution in [3.63, 3.8) is 0 Å². The molecular weight excluding hydrogens is 206 g/mol. The van der Waals surface area contributed by atoms with Gasteiger partial charge in [-0.25, -0.2) is 18.4 Å². The average molecular weight is 213 g/mol. The van der Waals surface area contributed by atoms with E-state index < -0.39 is 22.2 Å². The molecule has 0 aromatic carbocycles. The molecule has 74 valence electrons. The molecule has 0 aliphatic rings. The summed E-state index contributed by atoms with van der Waals surface area (Å²) in [6.07, 6.45) is 2.42. The van der Waals surface area contributed by atoms with E-state index in [1.54, 1.807) is 6.07 Å². The SMILES string of the molecule is N#Cc1nccnc1S(=O)(=O)CCO. The van der Waals surface area contributed by atoms with Crippen molar-refractivity contribution in [2.75, 3.05) is 12.4 Å². The van der Waals surface area contributed by atoms with Crippen LogP contribution in [0.1, 0.15) is 5.69 Å². The molecule has 1 aromatic rings. The van der Waals surface area contributed by atoms with Crippen molar-refractivity contribution in [3.05, 3.63) is 18.1 Å². The molecule has 1 heterocycles. The van der Waals surface area contributed by atoms with Gasteiger partial charge >= 0.3 is 0 Å². The molecule has 0 spiro atoms. The van der Waals surface area contributed by atoms with Gasteiger partial charge in [0.1, 0.15) is 6.07 Å². The predicted octanol–water partition coefficient (Wildman–Crippen LogP) is -0.886. The Labute approximate surface area is 80.8 Å². The minimum Gasteiger partial charge on any atom is -0.395 e. The van der Waals surface area contributed by atoms with Gasteiger partial charge in [0, 0.05) is 12.4 Å². The first-order valence-corrected chi connectivity index (χ1v) is 5.32. The largest absolute Gasteiger partial charge is 0.395 e. The van der Waals surface area contributed by atoms with E-state index in [0.717, 1.165) is 0 Å². The van der Waals surface area contributed by atoms with Gasteiger partial charge in [-0.1, -0.05) is 0 Å². The zero-order chi connectivity index (χ0) is 10.6. The number of rotatable bonds is 3. The third-order valence-corrected chi connectivity index (χ3v) is 3.03. The molecule has 7 heteroatoms. The highest BCUT2D eigenvalue weighted by atomic mass is 32.2. The van der Waals surface area contributed by atoms with Crippen molar-refractivity contribution in [1.82, 2.24) is 9.97 Å². The summed E-state index contributed by atoms with van der Waals surface area (Å²) >= 11 is 0. The van der Waals surface area contributed by atoms with Gasteiger partial charge in [-0.2, -0.15) is 5.26 Å². The van der Waals surface area contributed by atoms with Gasteiger partial charge in [0.15, 0.2) is 10.7 Å². The van der Waals surface area contributed by atoms with E-state index in [0.29, 0.717) is 0 Å². The summed E-state index contributed by atoms with van der Waals surface area (Å²) in [5.74, 6) is -0.458. The molecule has 0 atom stereocenters. The standard InChI is InChI=1S/C7H7N3O3S/c8-5-6-7(10-2-1-9-6)14(12,13)4-3-11/h1-2,11H,3-4H2.